The van der Waals surface area contributed by atoms with E-state index in [9.17, 15) is 18.0 Å². The minimum atomic E-state index is -4.57. The van der Waals surface area contributed by atoms with Crippen LogP contribution >= 0.6 is 11.3 Å². The van der Waals surface area contributed by atoms with Crippen molar-refractivity contribution >= 4 is 17.2 Å². The molecule has 8 nitrogen and oxygen atoms in total. The van der Waals surface area contributed by atoms with Gasteiger partial charge in [-0.1, -0.05) is 0 Å². The number of rotatable bonds is 6. The van der Waals surface area contributed by atoms with Crippen molar-refractivity contribution in [3.8, 4) is 11.4 Å². The second kappa shape index (κ2) is 8.04. The van der Waals surface area contributed by atoms with Gasteiger partial charge in [-0.3, -0.25) is 4.79 Å². The summed E-state index contributed by atoms with van der Waals surface area (Å²) < 4.78 is 37.7. The smallest absolute Gasteiger partial charge is 0.390 e. The van der Waals surface area contributed by atoms with E-state index in [0.717, 1.165) is 12.1 Å². The molecule has 3 aromatic heterocycles. The van der Waals surface area contributed by atoms with E-state index in [2.05, 4.69) is 25.5 Å². The van der Waals surface area contributed by atoms with Gasteiger partial charge in [-0.05, 0) is 24.3 Å². The number of aromatic amines is 1. The molecule has 0 aliphatic carbocycles. The van der Waals surface area contributed by atoms with Gasteiger partial charge in [0.2, 0.25) is 0 Å². The van der Waals surface area contributed by atoms with Crippen LogP contribution in [-0.2, 0) is 12.8 Å². The molecule has 28 heavy (non-hydrogen) atoms. The fraction of sp³-hybridized carbons (Fsp3) is 0.250. The maximum atomic E-state index is 12.6. The van der Waals surface area contributed by atoms with Crippen LogP contribution in [0.4, 0.5) is 13.2 Å². The number of H-pyrrole nitrogens is 1. The normalized spacial score (nSPS) is 12.8. The Balaban J connectivity index is 1.72. The van der Waals surface area contributed by atoms with E-state index < -0.39 is 23.8 Å². The molecule has 3 heterocycles. The molecule has 1 atom stereocenters. The molecule has 3 aromatic rings. The van der Waals surface area contributed by atoms with Crippen molar-refractivity contribution in [3.05, 3.63) is 51.7 Å². The van der Waals surface area contributed by atoms with Crippen LogP contribution in [0, 0.1) is 0 Å². The number of carbonyl (C=O) groups excluding carboxylic acids is 1. The molecule has 3 rings (SSSR count). The zero-order valence-electron chi connectivity index (χ0n) is 14.2. The summed E-state index contributed by atoms with van der Waals surface area (Å²) >= 11 is 1.26. The molecule has 148 valence electrons. The third kappa shape index (κ3) is 4.35. The SMILES string of the molecule is NCC(NC(=O)c1ccc(-c2ccc(C(F)(F)F)nn2)[nH]1)c1nc(CO)cs1. The Hall–Kier alpha value is -2.83. The molecule has 0 saturated heterocycles. The molecule has 0 bridgehead atoms. The Kier molecular flexibility index (Phi) is 5.72. The van der Waals surface area contributed by atoms with Gasteiger partial charge < -0.3 is 21.1 Å². The highest BCUT2D eigenvalue weighted by atomic mass is 32.1. The highest BCUT2D eigenvalue weighted by molar-refractivity contribution is 7.09. The average Bonchev–Trinajstić information content (AvgIpc) is 3.35. The van der Waals surface area contributed by atoms with E-state index in [0.29, 0.717) is 16.4 Å². The molecule has 0 aliphatic heterocycles. The van der Waals surface area contributed by atoms with Gasteiger partial charge in [0.25, 0.3) is 5.91 Å². The van der Waals surface area contributed by atoms with Crippen LogP contribution in [0.1, 0.15) is 32.9 Å². The number of nitrogens with one attached hydrogen (secondary N) is 2. The van der Waals surface area contributed by atoms with E-state index >= 15 is 0 Å². The van der Waals surface area contributed by atoms with E-state index in [1.54, 1.807) is 5.38 Å². The van der Waals surface area contributed by atoms with Crippen molar-refractivity contribution in [3.63, 3.8) is 0 Å². The van der Waals surface area contributed by atoms with Gasteiger partial charge in [0.05, 0.1) is 24.0 Å². The fourth-order valence-corrected chi connectivity index (χ4v) is 3.19. The summed E-state index contributed by atoms with van der Waals surface area (Å²) in [5.74, 6) is -0.470. The van der Waals surface area contributed by atoms with Gasteiger partial charge in [-0.25, -0.2) is 4.98 Å². The standard InChI is InChI=1S/C16H15F3N6O2S/c17-16(18,19)13-4-3-10(24-25-13)9-1-2-11(22-9)14(27)23-12(5-20)15-21-8(6-26)7-28-15/h1-4,7,12,22,26H,5-6,20H2,(H,23,27). The number of aromatic nitrogens is 4. The van der Waals surface area contributed by atoms with Crippen molar-refractivity contribution in [1.29, 1.82) is 0 Å². The number of halogens is 3. The van der Waals surface area contributed by atoms with Gasteiger partial charge >= 0.3 is 6.18 Å². The zero-order chi connectivity index (χ0) is 20.3. The van der Waals surface area contributed by atoms with Gasteiger partial charge in [0.15, 0.2) is 5.69 Å². The number of thiazole rings is 1. The van der Waals surface area contributed by atoms with E-state index in [4.69, 9.17) is 10.8 Å². The predicted octanol–water partition coefficient (Wildman–Crippen LogP) is 1.87. The van der Waals surface area contributed by atoms with Gasteiger partial charge in [0.1, 0.15) is 16.4 Å². The third-order valence-corrected chi connectivity index (χ3v) is 4.74. The summed E-state index contributed by atoms with van der Waals surface area (Å²) in [6.45, 7) is -0.113. The molecule has 0 radical (unpaired) electrons. The van der Waals surface area contributed by atoms with Crippen LogP contribution in [0.3, 0.4) is 0 Å². The molecule has 0 saturated carbocycles. The number of hydrogen-bond acceptors (Lipinski definition) is 7. The first-order valence-corrected chi connectivity index (χ1v) is 8.86. The number of aliphatic hydroxyl groups excluding tert-OH is 1. The Morgan fingerprint density at radius 3 is 2.64 bits per heavy atom. The molecule has 1 unspecified atom stereocenters. The molecule has 0 aromatic carbocycles. The van der Waals surface area contributed by atoms with Crippen molar-refractivity contribution in [2.75, 3.05) is 6.54 Å². The Morgan fingerprint density at radius 2 is 2.07 bits per heavy atom. The van der Waals surface area contributed by atoms with Crippen LogP contribution < -0.4 is 11.1 Å². The summed E-state index contributed by atoms with van der Waals surface area (Å²) in [6, 6.07) is 4.41. The van der Waals surface area contributed by atoms with Crippen molar-refractivity contribution in [2.24, 2.45) is 5.73 Å². The largest absolute Gasteiger partial charge is 0.435 e. The lowest BCUT2D eigenvalue weighted by atomic mass is 10.2. The number of aliphatic hydroxyl groups is 1. The molecule has 5 N–H and O–H groups in total. The molecule has 1 amide bonds. The Morgan fingerprint density at radius 1 is 1.29 bits per heavy atom. The van der Waals surface area contributed by atoms with Gasteiger partial charge in [-0.2, -0.15) is 13.2 Å². The maximum absolute atomic E-state index is 12.6. The van der Waals surface area contributed by atoms with E-state index in [1.165, 1.54) is 23.5 Å². The highest BCUT2D eigenvalue weighted by Crippen LogP contribution is 2.28. The van der Waals surface area contributed by atoms with Crippen LogP contribution in [-0.4, -0.2) is 37.7 Å². The van der Waals surface area contributed by atoms with Gasteiger partial charge in [-0.15, -0.1) is 21.5 Å². The van der Waals surface area contributed by atoms with Crippen molar-refractivity contribution < 1.29 is 23.1 Å². The predicted molar refractivity (Wildman–Crippen MR) is 94.1 cm³/mol. The number of nitrogens with zero attached hydrogens (tertiary/aromatic N) is 3. The minimum absolute atomic E-state index is 0.0993. The molecule has 0 spiro atoms. The summed E-state index contributed by atoms with van der Waals surface area (Å²) in [7, 11) is 0. The monoisotopic (exact) mass is 412 g/mol. The number of nitrogens with two attached hydrogens (primary N) is 1. The highest BCUT2D eigenvalue weighted by Gasteiger charge is 2.33. The van der Waals surface area contributed by atoms with E-state index in [1.807, 2.05) is 0 Å². The third-order valence-electron chi connectivity index (χ3n) is 3.73. The molecule has 12 heteroatoms. The van der Waals surface area contributed by atoms with Gasteiger partial charge in [0, 0.05) is 11.9 Å². The fourth-order valence-electron chi connectivity index (χ4n) is 2.32. The van der Waals surface area contributed by atoms with E-state index in [-0.39, 0.29) is 24.5 Å². The zero-order valence-corrected chi connectivity index (χ0v) is 15.0. The first kappa shape index (κ1) is 19.9. The minimum Gasteiger partial charge on any atom is -0.390 e. The number of amides is 1. The van der Waals surface area contributed by atoms with Crippen molar-refractivity contribution in [2.45, 2.75) is 18.8 Å². The first-order valence-electron chi connectivity index (χ1n) is 7.98. The molecule has 0 fully saturated rings. The molecular weight excluding hydrogens is 397 g/mol. The van der Waals surface area contributed by atoms with Crippen LogP contribution in [0.5, 0.6) is 0 Å². The summed E-state index contributed by atoms with van der Waals surface area (Å²) in [5.41, 5.74) is 5.76. The Labute approximate surface area is 160 Å². The lowest BCUT2D eigenvalue weighted by Crippen LogP contribution is -2.33. The maximum Gasteiger partial charge on any atom is 0.435 e. The lowest BCUT2D eigenvalue weighted by molar-refractivity contribution is -0.141. The number of hydrogen-bond donors (Lipinski definition) is 4. The lowest BCUT2D eigenvalue weighted by Gasteiger charge is -2.13. The van der Waals surface area contributed by atoms with Crippen LogP contribution in [0.25, 0.3) is 11.4 Å². The number of alkyl halides is 3. The second-order valence-electron chi connectivity index (χ2n) is 5.68. The molecular formula is C16H15F3N6O2S. The quantitative estimate of drug-likeness (QED) is 0.489. The summed E-state index contributed by atoms with van der Waals surface area (Å²) in [6.07, 6.45) is -4.57. The first-order chi connectivity index (χ1) is 13.3. The second-order valence-corrected chi connectivity index (χ2v) is 6.57. The average molecular weight is 412 g/mol. The van der Waals surface area contributed by atoms with Crippen molar-refractivity contribution in [1.82, 2.24) is 25.5 Å². The van der Waals surface area contributed by atoms with Crippen LogP contribution in [0.2, 0.25) is 0 Å². The summed E-state index contributed by atoms with van der Waals surface area (Å²) in [4.78, 5) is 19.4. The number of carbonyl (C=O) groups is 1. The molecule has 0 aliphatic rings. The topological polar surface area (TPSA) is 130 Å². The summed E-state index contributed by atoms with van der Waals surface area (Å²) in [5, 5.41) is 20.7. The van der Waals surface area contributed by atoms with Crippen LogP contribution in [0.15, 0.2) is 29.6 Å². The Bertz CT molecular complexity index is 954.